The summed E-state index contributed by atoms with van der Waals surface area (Å²) in [6.45, 7) is 8.47. The van der Waals surface area contributed by atoms with Crippen molar-refractivity contribution in [3.63, 3.8) is 0 Å². The summed E-state index contributed by atoms with van der Waals surface area (Å²) in [6.07, 6.45) is 0. The van der Waals surface area contributed by atoms with E-state index in [-0.39, 0.29) is 0 Å². The molecule has 0 fully saturated rings. The van der Waals surface area contributed by atoms with Crippen LogP contribution in [0.2, 0.25) is 0 Å². The molecule has 0 amide bonds. The number of hydrogen-bond acceptors (Lipinski definition) is 2. The number of methoxy groups -OCH3 is 2. The average molecular weight is 457 g/mol. The van der Waals surface area contributed by atoms with Crippen LogP contribution in [-0.4, -0.2) is 14.2 Å². The number of ether oxygens (including phenoxy) is 2. The zero-order valence-corrected chi connectivity index (χ0v) is 19.7. The standard InChI is InChI=1S/C24H26BrO2P/c1-15-11-19(12-16(2)23(15)26-5)28(22-10-8-7-9-21(22)25)20-13-17(3)24(27-6)18(4)14-20/h7-14H,1-6H3. The van der Waals surface area contributed by atoms with Gasteiger partial charge in [-0.2, -0.15) is 0 Å². The Balaban J connectivity index is 2.28. The van der Waals surface area contributed by atoms with E-state index in [1.807, 2.05) is 0 Å². The summed E-state index contributed by atoms with van der Waals surface area (Å²) in [5.74, 6) is 1.93. The van der Waals surface area contributed by atoms with Gasteiger partial charge in [0.2, 0.25) is 0 Å². The number of benzene rings is 3. The van der Waals surface area contributed by atoms with Gasteiger partial charge in [-0.15, -0.1) is 0 Å². The summed E-state index contributed by atoms with van der Waals surface area (Å²) in [4.78, 5) is 0. The fourth-order valence-corrected chi connectivity index (χ4v) is 7.30. The molecule has 0 bridgehead atoms. The van der Waals surface area contributed by atoms with Crippen molar-refractivity contribution in [3.05, 3.63) is 75.3 Å². The highest BCUT2D eigenvalue weighted by molar-refractivity contribution is 9.10. The summed E-state index contributed by atoms with van der Waals surface area (Å²) in [6, 6.07) is 17.6. The van der Waals surface area contributed by atoms with Gasteiger partial charge in [-0.1, -0.05) is 34.1 Å². The Morgan fingerprint density at radius 2 is 1.07 bits per heavy atom. The Morgan fingerprint density at radius 3 is 1.43 bits per heavy atom. The molecule has 0 aliphatic carbocycles. The maximum atomic E-state index is 5.60. The van der Waals surface area contributed by atoms with Crippen molar-refractivity contribution in [3.8, 4) is 11.5 Å². The van der Waals surface area contributed by atoms with Crippen molar-refractivity contribution in [2.45, 2.75) is 27.7 Å². The number of aryl methyl sites for hydroxylation is 4. The summed E-state index contributed by atoms with van der Waals surface area (Å²) < 4.78 is 12.3. The molecule has 0 N–H and O–H groups in total. The molecule has 0 aliphatic heterocycles. The molecule has 0 aromatic heterocycles. The van der Waals surface area contributed by atoms with Gasteiger partial charge in [-0.3, -0.25) is 0 Å². The first-order valence-electron chi connectivity index (χ1n) is 9.22. The lowest BCUT2D eigenvalue weighted by Crippen LogP contribution is -2.23. The highest BCUT2D eigenvalue weighted by atomic mass is 79.9. The lowest BCUT2D eigenvalue weighted by atomic mass is 10.1. The second kappa shape index (κ2) is 8.68. The zero-order valence-electron chi connectivity index (χ0n) is 17.3. The van der Waals surface area contributed by atoms with Gasteiger partial charge in [0, 0.05) is 4.47 Å². The fraction of sp³-hybridized carbons (Fsp3) is 0.250. The van der Waals surface area contributed by atoms with E-state index < -0.39 is 7.92 Å². The first-order chi connectivity index (χ1) is 13.4. The van der Waals surface area contributed by atoms with Crippen LogP contribution in [0, 0.1) is 27.7 Å². The van der Waals surface area contributed by atoms with Gasteiger partial charge >= 0.3 is 0 Å². The van der Waals surface area contributed by atoms with E-state index in [2.05, 4.69) is 92.2 Å². The highest BCUT2D eigenvalue weighted by Gasteiger charge is 2.22. The normalized spacial score (nSPS) is 11.0. The second-order valence-electron chi connectivity index (χ2n) is 7.01. The summed E-state index contributed by atoms with van der Waals surface area (Å²) in [7, 11) is 2.75. The Morgan fingerprint density at radius 1 is 0.679 bits per heavy atom. The summed E-state index contributed by atoms with van der Waals surface area (Å²) >= 11 is 3.79. The third-order valence-corrected chi connectivity index (χ3v) is 8.33. The van der Waals surface area contributed by atoms with Crippen molar-refractivity contribution >= 4 is 39.8 Å². The lowest BCUT2D eigenvalue weighted by molar-refractivity contribution is 0.408. The van der Waals surface area contributed by atoms with Crippen molar-refractivity contribution < 1.29 is 9.47 Å². The second-order valence-corrected chi connectivity index (χ2v) is 10.1. The van der Waals surface area contributed by atoms with Gasteiger partial charge in [0.15, 0.2) is 0 Å². The summed E-state index contributed by atoms with van der Waals surface area (Å²) in [5, 5.41) is 3.95. The van der Waals surface area contributed by atoms with Crippen molar-refractivity contribution in [1.82, 2.24) is 0 Å². The third kappa shape index (κ3) is 3.97. The largest absolute Gasteiger partial charge is 0.496 e. The van der Waals surface area contributed by atoms with Crippen molar-refractivity contribution in [2.75, 3.05) is 14.2 Å². The van der Waals surface area contributed by atoms with Gasteiger partial charge in [-0.25, -0.2) is 0 Å². The molecule has 3 aromatic carbocycles. The van der Waals surface area contributed by atoms with Crippen LogP contribution in [0.1, 0.15) is 22.3 Å². The van der Waals surface area contributed by atoms with Crippen LogP contribution in [0.4, 0.5) is 0 Å². The number of hydrogen-bond donors (Lipinski definition) is 0. The van der Waals surface area contributed by atoms with Crippen LogP contribution in [0.25, 0.3) is 0 Å². The molecule has 0 heterocycles. The molecule has 0 saturated heterocycles. The fourth-order valence-electron chi connectivity index (χ4n) is 3.82. The van der Waals surface area contributed by atoms with Crippen molar-refractivity contribution in [2.24, 2.45) is 0 Å². The first kappa shape index (κ1) is 20.9. The SMILES string of the molecule is COc1c(C)cc(P(c2cc(C)c(OC)c(C)c2)c2ccccc2Br)cc1C. The molecule has 0 saturated carbocycles. The molecule has 0 aliphatic rings. The van der Waals surface area contributed by atoms with Crippen LogP contribution in [0.3, 0.4) is 0 Å². The molecule has 4 heteroatoms. The molecule has 0 spiro atoms. The quantitative estimate of drug-likeness (QED) is 0.474. The zero-order chi connectivity index (χ0) is 20.4. The molecule has 0 unspecified atom stereocenters. The molecule has 28 heavy (non-hydrogen) atoms. The van der Waals surface area contributed by atoms with Gasteiger partial charge < -0.3 is 9.47 Å². The number of halogens is 1. The van der Waals surface area contributed by atoms with E-state index in [0.29, 0.717) is 0 Å². The summed E-state index contributed by atoms with van der Waals surface area (Å²) in [5.41, 5.74) is 4.66. The number of rotatable bonds is 5. The molecule has 3 rings (SSSR count). The Labute approximate surface area is 177 Å². The van der Waals surface area contributed by atoms with Gasteiger partial charge in [0.05, 0.1) is 14.2 Å². The highest BCUT2D eigenvalue weighted by Crippen LogP contribution is 2.39. The van der Waals surface area contributed by atoms with Gasteiger partial charge in [0.25, 0.3) is 0 Å². The molecule has 3 aromatic rings. The van der Waals surface area contributed by atoms with E-state index in [1.54, 1.807) is 14.2 Å². The topological polar surface area (TPSA) is 18.5 Å². The Hall–Kier alpha value is -1.83. The average Bonchev–Trinajstić information content (AvgIpc) is 2.63. The van der Waals surface area contributed by atoms with Gasteiger partial charge in [-0.05, 0) is 104 Å². The van der Waals surface area contributed by atoms with Crippen LogP contribution in [0.5, 0.6) is 11.5 Å². The first-order valence-corrected chi connectivity index (χ1v) is 11.4. The molecular weight excluding hydrogens is 431 g/mol. The van der Waals surface area contributed by atoms with E-state index in [9.17, 15) is 0 Å². The molecule has 0 atom stereocenters. The predicted molar refractivity (Wildman–Crippen MR) is 125 cm³/mol. The van der Waals surface area contributed by atoms with E-state index in [4.69, 9.17) is 9.47 Å². The smallest absolute Gasteiger partial charge is 0.124 e. The lowest BCUT2D eigenvalue weighted by Gasteiger charge is -2.24. The maximum Gasteiger partial charge on any atom is 0.124 e. The maximum absolute atomic E-state index is 5.60. The molecule has 146 valence electrons. The van der Waals surface area contributed by atoms with E-state index in [1.165, 1.54) is 38.2 Å². The molecule has 0 radical (unpaired) electrons. The predicted octanol–water partition coefficient (Wildman–Crippen LogP) is 5.46. The van der Waals surface area contributed by atoms with E-state index >= 15 is 0 Å². The van der Waals surface area contributed by atoms with Crippen LogP contribution in [0.15, 0.2) is 53.0 Å². The monoisotopic (exact) mass is 456 g/mol. The minimum Gasteiger partial charge on any atom is -0.496 e. The Kier molecular flexibility index (Phi) is 6.47. The minimum atomic E-state index is -0.724. The Bertz CT molecular complexity index is 908. The minimum absolute atomic E-state index is 0.724. The van der Waals surface area contributed by atoms with Crippen LogP contribution >= 0.6 is 23.9 Å². The van der Waals surface area contributed by atoms with E-state index in [0.717, 1.165) is 16.0 Å². The van der Waals surface area contributed by atoms with Crippen LogP contribution < -0.4 is 25.4 Å². The van der Waals surface area contributed by atoms with Crippen LogP contribution in [-0.2, 0) is 0 Å². The molecular formula is C24H26BrO2P. The van der Waals surface area contributed by atoms with Gasteiger partial charge in [0.1, 0.15) is 11.5 Å². The van der Waals surface area contributed by atoms with Crippen molar-refractivity contribution in [1.29, 1.82) is 0 Å². The third-order valence-electron chi connectivity index (χ3n) is 4.91. The molecule has 2 nitrogen and oxygen atoms in total.